The van der Waals surface area contributed by atoms with Crippen LogP contribution in [0.3, 0.4) is 0 Å². The molecule has 8 aliphatic rings. The van der Waals surface area contributed by atoms with Crippen molar-refractivity contribution in [3.63, 3.8) is 0 Å². The van der Waals surface area contributed by atoms with Crippen molar-refractivity contribution in [2.75, 3.05) is 13.7 Å². The van der Waals surface area contributed by atoms with Crippen molar-refractivity contribution in [2.24, 2.45) is 21.7 Å². The standard InChI is InChI=1S/2C11H4N4O8.5Y/c16-2-10(3(17)12-2)6(20)14(7(10)21)1-15-8(22)11(9(15)23)4(18)13-5(11)19;1-13-4(18)11(5(13)19)8(22)15(9(11)23)14-6(20)10(7(14)21)2(16)12-3(10)17;;;;;/h1H2,(H2,12,13,16,17,18,19);1H3,(H,12,16,17);;;;;/p-3. The van der Waals surface area contributed by atoms with Crippen molar-refractivity contribution in [2.45, 2.75) is 0 Å². The van der Waals surface area contributed by atoms with Gasteiger partial charge in [-0.1, -0.05) is 0 Å². The van der Waals surface area contributed by atoms with Crippen molar-refractivity contribution in [3.8, 4) is 0 Å². The molecule has 8 fully saturated rings. The predicted octanol–water partition coefficient (Wildman–Crippen LogP) is -7.43. The van der Waals surface area contributed by atoms with Crippen LogP contribution in [-0.2, 0) is 240 Å². The van der Waals surface area contributed by atoms with Gasteiger partial charge < -0.3 is 44.7 Å². The van der Waals surface area contributed by atoms with Crippen LogP contribution in [0.4, 0.5) is 0 Å². The molecule has 8 rings (SSSR count). The SMILES string of the molecule is CN1C(=O)C2(C1=O)C(=O)N(N1C(=O)C3(C(=O)[N-]C3=O)C1=O)C2=O.O=C1[N-]C(=O)C12C(=O)N(CN1C(=O)C3(C(=O)[N-]C3=O)C1=O)C2=O.[Y].[Y].[Y].[Y].[Y]. The summed E-state index contributed by atoms with van der Waals surface area (Å²) in [6.45, 7) is -0.889. The predicted molar refractivity (Wildman–Crippen MR) is 120 cm³/mol. The molecule has 0 aromatic heterocycles. The van der Waals surface area contributed by atoms with Gasteiger partial charge in [-0.05, 0) is 0 Å². The summed E-state index contributed by atoms with van der Waals surface area (Å²) in [6.07, 6.45) is 0. The van der Waals surface area contributed by atoms with Crippen LogP contribution in [0.1, 0.15) is 0 Å². The normalized spacial score (nSPS) is 24.2. The van der Waals surface area contributed by atoms with Crippen LogP contribution in [-0.4, -0.2) is 133 Å². The molecule has 0 aromatic carbocycles. The van der Waals surface area contributed by atoms with E-state index >= 15 is 0 Å². The monoisotopic (exact) mass is 1080 g/mol. The molecule has 0 atom stereocenters. The van der Waals surface area contributed by atoms with Crippen molar-refractivity contribution in [1.29, 1.82) is 0 Å². The number of hydrogen-bond acceptors (Lipinski definition) is 16. The third-order valence-corrected chi connectivity index (χ3v) is 8.58. The number of amides is 16. The van der Waals surface area contributed by atoms with E-state index in [-0.39, 0.29) is 174 Å². The fourth-order valence-electron chi connectivity index (χ4n) is 5.72. The van der Waals surface area contributed by atoms with Gasteiger partial charge in [0.25, 0.3) is 64.5 Å². The third-order valence-electron chi connectivity index (χ3n) is 8.58. The number of carbonyl (C=O) groups excluding carboxylic acids is 16. The topological polar surface area (TPSA) is 332 Å². The number of hydrazine groups is 1. The fraction of sp³-hybridized carbons (Fsp3) is 0.273. The summed E-state index contributed by atoms with van der Waals surface area (Å²) in [5.74, 6) is -19.9. The molecular weight excluding hydrogens is 1080 g/mol. The molecule has 16 amide bonds. The first-order valence-corrected chi connectivity index (χ1v) is 12.1. The molecule has 0 aliphatic carbocycles. The molecule has 0 N–H and O–H groups in total. The summed E-state index contributed by atoms with van der Waals surface area (Å²) >= 11 is 0. The van der Waals surface area contributed by atoms with E-state index in [9.17, 15) is 76.7 Å². The molecule has 0 aromatic rings. The minimum atomic E-state index is -2.62. The Bertz CT molecular complexity index is 1800. The van der Waals surface area contributed by atoms with Crippen LogP contribution in [0.5, 0.6) is 0 Å². The minimum Gasteiger partial charge on any atom is -0.592 e. The van der Waals surface area contributed by atoms with Gasteiger partial charge in [-0.2, -0.15) is 10.0 Å². The molecule has 247 valence electrons. The van der Waals surface area contributed by atoms with Gasteiger partial charge in [0.1, 0.15) is 6.67 Å². The molecule has 8 aliphatic heterocycles. The average Bonchev–Trinajstić information content (AvgIpc) is 3.00. The molecule has 4 spiro atoms. The van der Waals surface area contributed by atoms with Gasteiger partial charge in [-0.25, -0.2) is 0 Å². The number of nitrogens with zero attached hydrogens (tertiary/aromatic N) is 8. The maximum atomic E-state index is 12.0. The number of imide groups is 8. The Kier molecular flexibility index (Phi) is 12.3. The average molecular weight is 1080 g/mol. The van der Waals surface area contributed by atoms with Crippen LogP contribution >= 0.6 is 0 Å². The zero-order chi connectivity index (χ0) is 34.0. The number of β-lactam (4-membered cyclic amide) rings is 16. The summed E-state index contributed by atoms with van der Waals surface area (Å²) < 4.78 is 0. The smallest absolute Gasteiger partial charge is 0.288 e. The largest absolute Gasteiger partial charge is 0.592 e. The zero-order valence-electron chi connectivity index (χ0n) is 24.7. The molecule has 24 nitrogen and oxygen atoms in total. The fourth-order valence-corrected chi connectivity index (χ4v) is 5.72. The van der Waals surface area contributed by atoms with Gasteiger partial charge in [-0.3, -0.25) is 62.6 Å². The number of hydrogen-bond donors (Lipinski definition) is 0. The van der Waals surface area contributed by atoms with Crippen molar-refractivity contribution in [1.82, 2.24) is 24.7 Å². The Morgan fingerprint density at radius 1 is 0.353 bits per heavy atom. The zero-order valence-corrected chi connectivity index (χ0v) is 38.9. The van der Waals surface area contributed by atoms with Gasteiger partial charge in [0.05, 0.1) is 35.4 Å². The van der Waals surface area contributed by atoms with Crippen molar-refractivity contribution in [3.05, 3.63) is 16.0 Å². The molecule has 29 heteroatoms. The van der Waals surface area contributed by atoms with Crippen LogP contribution in [0, 0.1) is 21.7 Å². The second-order valence-corrected chi connectivity index (χ2v) is 10.4. The van der Waals surface area contributed by atoms with Gasteiger partial charge in [0, 0.05) is 171 Å². The Morgan fingerprint density at radius 3 is 0.804 bits per heavy atom. The Balaban J connectivity index is 0.000000322. The Labute approximate surface area is 404 Å². The van der Waals surface area contributed by atoms with Gasteiger partial charge in [-0.15, -0.1) is 0 Å². The van der Waals surface area contributed by atoms with Crippen molar-refractivity contribution >= 4 is 94.5 Å². The first kappa shape index (κ1) is 45.8. The maximum absolute atomic E-state index is 12.0. The molecule has 0 bridgehead atoms. The van der Waals surface area contributed by atoms with E-state index in [1.807, 2.05) is 0 Å². The van der Waals surface area contributed by atoms with Crippen LogP contribution in [0.25, 0.3) is 16.0 Å². The van der Waals surface area contributed by atoms with E-state index in [1.54, 1.807) is 0 Å². The molecule has 0 unspecified atom stereocenters. The summed E-state index contributed by atoms with van der Waals surface area (Å²) in [7, 11) is 1.06. The molecule has 8 saturated heterocycles. The van der Waals surface area contributed by atoms with E-state index < -0.39 is 123 Å². The molecule has 0 saturated carbocycles. The van der Waals surface area contributed by atoms with Crippen LogP contribution in [0.2, 0.25) is 0 Å². The quantitative estimate of drug-likeness (QED) is 0.187. The summed E-state index contributed by atoms with van der Waals surface area (Å²) in [4.78, 5) is 188. The minimum absolute atomic E-state index is 0. The second kappa shape index (κ2) is 13.7. The first-order chi connectivity index (χ1) is 21.4. The number of carbonyl (C=O) groups is 16. The molecule has 5 radical (unpaired) electrons. The second-order valence-electron chi connectivity index (χ2n) is 10.4. The van der Waals surface area contributed by atoms with E-state index in [0.29, 0.717) is 14.7 Å². The van der Waals surface area contributed by atoms with Crippen molar-refractivity contribution < 1.29 is 240 Å². The molecule has 8 heterocycles. The maximum Gasteiger partial charge on any atom is 0.288 e. The summed E-state index contributed by atoms with van der Waals surface area (Å²) in [6, 6.07) is 0. The van der Waals surface area contributed by atoms with E-state index in [4.69, 9.17) is 0 Å². The van der Waals surface area contributed by atoms with E-state index in [0.717, 1.165) is 7.05 Å². The Morgan fingerprint density at radius 2 is 0.569 bits per heavy atom. The molecular formula is C22H5N8O16Y5-3. The van der Waals surface area contributed by atoms with Gasteiger partial charge in [0.2, 0.25) is 16.2 Å². The summed E-state index contributed by atoms with van der Waals surface area (Å²) in [5, 5.41) is 8.49. The van der Waals surface area contributed by atoms with Crippen LogP contribution < -0.4 is 0 Å². The van der Waals surface area contributed by atoms with Gasteiger partial charge >= 0.3 is 0 Å². The Hall–Kier alpha value is -1.36. The number of rotatable bonds is 3. The third kappa shape index (κ3) is 4.42. The summed E-state index contributed by atoms with van der Waals surface area (Å²) in [5.41, 5.74) is -10.1. The molecule has 51 heavy (non-hydrogen) atoms. The van der Waals surface area contributed by atoms with Gasteiger partial charge in [0.15, 0.2) is 0 Å². The van der Waals surface area contributed by atoms with Crippen LogP contribution in [0.15, 0.2) is 0 Å². The van der Waals surface area contributed by atoms with E-state index in [2.05, 4.69) is 16.0 Å². The number of likely N-dealkylation sites (tertiary alicyclic amines) is 3. The first-order valence-electron chi connectivity index (χ1n) is 12.1. The van der Waals surface area contributed by atoms with E-state index in [1.165, 1.54) is 0 Å².